The summed E-state index contributed by atoms with van der Waals surface area (Å²) in [4.78, 5) is 4.25. The van der Waals surface area contributed by atoms with Crippen LogP contribution >= 0.6 is 0 Å². The van der Waals surface area contributed by atoms with Gasteiger partial charge in [-0.1, -0.05) is 36.4 Å². The van der Waals surface area contributed by atoms with Crippen LogP contribution in [0.15, 0.2) is 54.9 Å². The molecule has 4 nitrogen and oxygen atoms in total. The predicted octanol–water partition coefficient (Wildman–Crippen LogP) is 3.13. The molecule has 3 rings (SSSR count). The summed E-state index contributed by atoms with van der Waals surface area (Å²) in [5, 5.41) is 14.7. The molecule has 112 valence electrons. The third-order valence-electron chi connectivity index (χ3n) is 3.52. The molecule has 0 aliphatic carbocycles. The Bertz CT molecular complexity index is 771. The Balaban J connectivity index is 1.77. The first-order valence-corrected chi connectivity index (χ1v) is 7.02. The number of aromatic nitrogens is 3. The van der Waals surface area contributed by atoms with Gasteiger partial charge in [-0.05, 0) is 30.2 Å². The van der Waals surface area contributed by atoms with Crippen LogP contribution in [0.5, 0.6) is 0 Å². The molecule has 0 aliphatic heterocycles. The first-order chi connectivity index (χ1) is 10.6. The zero-order valence-corrected chi connectivity index (χ0v) is 12.1. The Labute approximate surface area is 127 Å². The first kappa shape index (κ1) is 14.4. The van der Waals surface area contributed by atoms with Gasteiger partial charge in [0.2, 0.25) is 0 Å². The van der Waals surface area contributed by atoms with E-state index in [0.717, 1.165) is 11.1 Å². The molecule has 0 saturated heterocycles. The maximum absolute atomic E-state index is 13.1. The van der Waals surface area contributed by atoms with Crippen molar-refractivity contribution in [2.75, 3.05) is 0 Å². The van der Waals surface area contributed by atoms with E-state index in [1.165, 1.54) is 12.1 Å². The molecule has 0 fully saturated rings. The molecule has 1 heterocycles. The number of hydrogen-bond acceptors (Lipinski definition) is 3. The maximum atomic E-state index is 13.1. The van der Waals surface area contributed by atoms with E-state index in [1.54, 1.807) is 24.0 Å². The zero-order valence-electron chi connectivity index (χ0n) is 12.1. The highest BCUT2D eigenvalue weighted by atomic mass is 19.1. The number of nitrogens with zero attached hydrogens (tertiary/aromatic N) is 3. The van der Waals surface area contributed by atoms with Crippen molar-refractivity contribution in [2.45, 2.75) is 19.6 Å². The second kappa shape index (κ2) is 6.07. The van der Waals surface area contributed by atoms with Gasteiger partial charge in [0.05, 0.1) is 12.6 Å². The fraction of sp³-hybridized carbons (Fsp3) is 0.176. The van der Waals surface area contributed by atoms with Crippen molar-refractivity contribution < 1.29 is 9.50 Å². The highest BCUT2D eigenvalue weighted by Gasteiger charge is 2.13. The summed E-state index contributed by atoms with van der Waals surface area (Å²) in [6.45, 7) is 2.05. The highest BCUT2D eigenvalue weighted by Crippen LogP contribution is 2.20. The quantitative estimate of drug-likeness (QED) is 0.805. The van der Waals surface area contributed by atoms with Gasteiger partial charge in [0.15, 0.2) is 5.82 Å². The monoisotopic (exact) mass is 297 g/mol. The van der Waals surface area contributed by atoms with Crippen LogP contribution in [0, 0.1) is 12.7 Å². The van der Waals surface area contributed by atoms with E-state index in [4.69, 9.17) is 0 Å². The number of aryl methyl sites for hydroxylation is 1. The van der Waals surface area contributed by atoms with Crippen molar-refractivity contribution in [3.63, 3.8) is 0 Å². The van der Waals surface area contributed by atoms with Crippen LogP contribution in [0.25, 0.3) is 11.4 Å². The zero-order chi connectivity index (χ0) is 15.5. The summed E-state index contributed by atoms with van der Waals surface area (Å²) in [5.41, 5.74) is 2.34. The fourth-order valence-corrected chi connectivity index (χ4v) is 2.39. The van der Waals surface area contributed by atoms with Gasteiger partial charge in [0.1, 0.15) is 12.1 Å². The van der Waals surface area contributed by atoms with Crippen LogP contribution in [-0.4, -0.2) is 19.9 Å². The van der Waals surface area contributed by atoms with Crippen molar-refractivity contribution in [1.29, 1.82) is 0 Å². The van der Waals surface area contributed by atoms with Gasteiger partial charge >= 0.3 is 0 Å². The predicted molar refractivity (Wildman–Crippen MR) is 81.6 cm³/mol. The Morgan fingerprint density at radius 2 is 1.95 bits per heavy atom. The van der Waals surface area contributed by atoms with Gasteiger partial charge < -0.3 is 5.11 Å². The smallest absolute Gasteiger partial charge is 0.181 e. The molecule has 0 radical (unpaired) electrons. The average molecular weight is 297 g/mol. The number of halogens is 1. The van der Waals surface area contributed by atoms with Crippen molar-refractivity contribution in [2.24, 2.45) is 0 Å². The van der Waals surface area contributed by atoms with Gasteiger partial charge in [-0.3, -0.25) is 0 Å². The minimum Gasteiger partial charge on any atom is -0.386 e. The lowest BCUT2D eigenvalue weighted by molar-refractivity contribution is 0.150. The van der Waals surface area contributed by atoms with E-state index >= 15 is 0 Å². The molecule has 5 heteroatoms. The Hall–Kier alpha value is -2.53. The average Bonchev–Trinajstić information content (AvgIpc) is 2.96. The molecule has 1 aromatic heterocycles. The summed E-state index contributed by atoms with van der Waals surface area (Å²) in [5.74, 6) is 0.309. The maximum Gasteiger partial charge on any atom is 0.181 e. The Morgan fingerprint density at radius 1 is 1.18 bits per heavy atom. The molecule has 0 saturated carbocycles. The molecule has 1 unspecified atom stereocenters. The third-order valence-corrected chi connectivity index (χ3v) is 3.52. The molecule has 1 atom stereocenters. The molecule has 0 bridgehead atoms. The standard InChI is InChI=1S/C17H16FN3O/c1-12-9-14(18)7-8-15(12)16(22)10-21-11-19-17(20-21)13-5-3-2-4-6-13/h2-9,11,16,22H,10H2,1H3. The minimum atomic E-state index is -0.758. The van der Waals surface area contributed by atoms with Crippen LogP contribution in [0.1, 0.15) is 17.2 Å². The van der Waals surface area contributed by atoms with Crippen LogP contribution in [0.2, 0.25) is 0 Å². The number of rotatable bonds is 4. The van der Waals surface area contributed by atoms with Crippen molar-refractivity contribution in [3.05, 3.63) is 71.8 Å². The SMILES string of the molecule is Cc1cc(F)ccc1C(O)Cn1cnc(-c2ccccc2)n1. The summed E-state index contributed by atoms with van der Waals surface area (Å²) < 4.78 is 14.7. The lowest BCUT2D eigenvalue weighted by Crippen LogP contribution is -2.10. The minimum absolute atomic E-state index is 0.270. The molecular formula is C17H16FN3O. The van der Waals surface area contributed by atoms with Crippen molar-refractivity contribution in [3.8, 4) is 11.4 Å². The third kappa shape index (κ3) is 3.04. The van der Waals surface area contributed by atoms with Crippen molar-refractivity contribution >= 4 is 0 Å². The normalized spacial score (nSPS) is 12.3. The Kier molecular flexibility index (Phi) is 3.98. The molecule has 3 aromatic rings. The van der Waals surface area contributed by atoms with E-state index < -0.39 is 6.10 Å². The number of benzene rings is 2. The van der Waals surface area contributed by atoms with Gasteiger partial charge in [-0.15, -0.1) is 0 Å². The van der Waals surface area contributed by atoms with Gasteiger partial charge in [-0.2, -0.15) is 5.10 Å². The molecule has 1 N–H and O–H groups in total. The molecule has 0 amide bonds. The van der Waals surface area contributed by atoms with Gasteiger partial charge in [0.25, 0.3) is 0 Å². The van der Waals surface area contributed by atoms with Crippen LogP contribution in [0.3, 0.4) is 0 Å². The summed E-state index contributed by atoms with van der Waals surface area (Å²) >= 11 is 0. The number of aliphatic hydroxyl groups is 1. The van der Waals surface area contributed by atoms with Crippen LogP contribution < -0.4 is 0 Å². The fourth-order valence-electron chi connectivity index (χ4n) is 2.39. The molecule has 2 aromatic carbocycles. The topological polar surface area (TPSA) is 50.9 Å². The molecule has 22 heavy (non-hydrogen) atoms. The number of aliphatic hydroxyl groups excluding tert-OH is 1. The van der Waals surface area contributed by atoms with Crippen molar-refractivity contribution in [1.82, 2.24) is 14.8 Å². The second-order valence-electron chi connectivity index (χ2n) is 5.17. The van der Waals surface area contributed by atoms with E-state index in [0.29, 0.717) is 11.4 Å². The van der Waals surface area contributed by atoms with E-state index in [1.807, 2.05) is 30.3 Å². The molecule has 0 spiro atoms. The van der Waals surface area contributed by atoms with E-state index in [9.17, 15) is 9.50 Å². The summed E-state index contributed by atoms with van der Waals surface area (Å²) in [6.07, 6.45) is 0.829. The van der Waals surface area contributed by atoms with E-state index in [-0.39, 0.29) is 12.4 Å². The lowest BCUT2D eigenvalue weighted by Gasteiger charge is -2.13. The first-order valence-electron chi connectivity index (χ1n) is 7.02. The summed E-state index contributed by atoms with van der Waals surface area (Å²) in [6, 6.07) is 14.0. The lowest BCUT2D eigenvalue weighted by atomic mass is 10.0. The molecular weight excluding hydrogens is 281 g/mol. The number of hydrogen-bond donors (Lipinski definition) is 1. The van der Waals surface area contributed by atoms with Crippen LogP contribution in [0.4, 0.5) is 4.39 Å². The van der Waals surface area contributed by atoms with Gasteiger partial charge in [-0.25, -0.2) is 14.1 Å². The van der Waals surface area contributed by atoms with E-state index in [2.05, 4.69) is 10.1 Å². The largest absolute Gasteiger partial charge is 0.386 e. The van der Waals surface area contributed by atoms with Crippen LogP contribution in [-0.2, 0) is 6.54 Å². The Morgan fingerprint density at radius 3 is 2.68 bits per heavy atom. The second-order valence-corrected chi connectivity index (χ2v) is 5.17. The van der Waals surface area contributed by atoms with Gasteiger partial charge in [0, 0.05) is 5.56 Å². The summed E-state index contributed by atoms with van der Waals surface area (Å²) in [7, 11) is 0. The molecule has 0 aliphatic rings. The highest BCUT2D eigenvalue weighted by molar-refractivity contribution is 5.53.